The number of rotatable bonds is 5. The summed E-state index contributed by atoms with van der Waals surface area (Å²) in [6.07, 6.45) is 1.36. The Kier molecular flexibility index (Phi) is 4.88. The monoisotopic (exact) mass is 253 g/mol. The molecule has 0 amide bonds. The highest BCUT2D eigenvalue weighted by Gasteiger charge is 2.27. The van der Waals surface area contributed by atoms with Gasteiger partial charge in [0.15, 0.2) is 0 Å². The van der Waals surface area contributed by atoms with Gasteiger partial charge in [0.2, 0.25) is 0 Å². The number of halogens is 3. The molecule has 7 heteroatoms. The van der Waals surface area contributed by atoms with Crippen molar-refractivity contribution in [3.63, 3.8) is 0 Å². The van der Waals surface area contributed by atoms with Gasteiger partial charge in [-0.1, -0.05) is 0 Å². The van der Waals surface area contributed by atoms with Crippen molar-refractivity contribution in [2.45, 2.75) is 12.1 Å². The molecular formula is C9H10F3NO2S. The Morgan fingerprint density at radius 1 is 1.38 bits per heavy atom. The molecule has 0 fully saturated rings. The Morgan fingerprint density at radius 2 is 2.12 bits per heavy atom. The number of aromatic nitrogens is 1. The van der Waals surface area contributed by atoms with Gasteiger partial charge in [-0.15, -0.1) is 0 Å². The Morgan fingerprint density at radius 3 is 2.62 bits per heavy atom. The van der Waals surface area contributed by atoms with Crippen LogP contribution in [-0.4, -0.2) is 28.0 Å². The number of alkyl halides is 3. The fourth-order valence-corrected chi connectivity index (χ4v) is 1.30. The maximum atomic E-state index is 11.7. The third kappa shape index (κ3) is 5.22. The number of ether oxygens (including phenoxy) is 1. The van der Waals surface area contributed by atoms with E-state index in [1.807, 2.05) is 0 Å². The second kappa shape index (κ2) is 5.95. The number of thioether (sulfide) groups is 1. The van der Waals surface area contributed by atoms with Crippen LogP contribution in [0.5, 0.6) is 5.75 Å². The molecule has 0 bridgehead atoms. The molecule has 0 atom stereocenters. The molecule has 0 aliphatic heterocycles. The van der Waals surface area contributed by atoms with Crippen molar-refractivity contribution in [2.75, 3.05) is 12.4 Å². The molecule has 1 aromatic rings. The van der Waals surface area contributed by atoms with Crippen LogP contribution in [0.4, 0.5) is 13.2 Å². The Balaban J connectivity index is 2.27. The van der Waals surface area contributed by atoms with Gasteiger partial charge in [0, 0.05) is 5.75 Å². The van der Waals surface area contributed by atoms with Gasteiger partial charge in [-0.25, -0.2) is 0 Å². The summed E-state index contributed by atoms with van der Waals surface area (Å²) in [5.74, 6) is 0.227. The van der Waals surface area contributed by atoms with Gasteiger partial charge < -0.3 is 9.84 Å². The lowest BCUT2D eigenvalue weighted by molar-refractivity contribution is -0.0329. The van der Waals surface area contributed by atoms with Gasteiger partial charge in [0.1, 0.15) is 5.75 Å². The number of pyridine rings is 1. The van der Waals surface area contributed by atoms with E-state index in [-0.39, 0.29) is 30.7 Å². The lowest BCUT2D eigenvalue weighted by Crippen LogP contribution is -2.07. The van der Waals surface area contributed by atoms with E-state index < -0.39 is 5.51 Å². The van der Waals surface area contributed by atoms with Gasteiger partial charge in [0.05, 0.1) is 25.1 Å². The van der Waals surface area contributed by atoms with Gasteiger partial charge in [0.25, 0.3) is 0 Å². The third-order valence-corrected chi connectivity index (χ3v) is 2.28. The topological polar surface area (TPSA) is 42.4 Å². The Bertz CT molecular complexity index is 316. The van der Waals surface area contributed by atoms with Crippen molar-refractivity contribution in [1.29, 1.82) is 0 Å². The highest BCUT2D eigenvalue weighted by atomic mass is 32.2. The van der Waals surface area contributed by atoms with E-state index in [1.54, 1.807) is 12.1 Å². The van der Waals surface area contributed by atoms with Crippen molar-refractivity contribution in [3.8, 4) is 5.75 Å². The maximum absolute atomic E-state index is 11.7. The average Bonchev–Trinajstić information content (AvgIpc) is 2.24. The van der Waals surface area contributed by atoms with Crippen LogP contribution >= 0.6 is 11.8 Å². The second-order valence-electron chi connectivity index (χ2n) is 2.79. The summed E-state index contributed by atoms with van der Waals surface area (Å²) in [4.78, 5) is 3.82. The zero-order valence-corrected chi connectivity index (χ0v) is 9.01. The second-order valence-corrected chi connectivity index (χ2v) is 3.95. The van der Waals surface area contributed by atoms with Crippen LogP contribution in [0.15, 0.2) is 18.3 Å². The molecule has 0 saturated heterocycles. The van der Waals surface area contributed by atoms with Crippen LogP contribution in [0.2, 0.25) is 0 Å². The highest BCUT2D eigenvalue weighted by Crippen LogP contribution is 2.29. The molecular weight excluding hydrogens is 243 g/mol. The SMILES string of the molecule is OCc1ccc(OCCSC(F)(F)F)cn1. The highest BCUT2D eigenvalue weighted by molar-refractivity contribution is 8.00. The maximum Gasteiger partial charge on any atom is 0.441 e. The zero-order chi connectivity index (χ0) is 12.0. The number of hydrogen-bond acceptors (Lipinski definition) is 4. The molecule has 1 N–H and O–H groups in total. The molecule has 0 radical (unpaired) electrons. The van der Waals surface area contributed by atoms with E-state index >= 15 is 0 Å². The van der Waals surface area contributed by atoms with Crippen molar-refractivity contribution < 1.29 is 23.0 Å². The van der Waals surface area contributed by atoms with Gasteiger partial charge in [-0.3, -0.25) is 4.98 Å². The number of hydrogen-bond donors (Lipinski definition) is 1. The van der Waals surface area contributed by atoms with Crippen molar-refractivity contribution in [3.05, 3.63) is 24.0 Å². The Labute approximate surface area is 94.6 Å². The lowest BCUT2D eigenvalue weighted by Gasteiger charge is -2.07. The van der Waals surface area contributed by atoms with Gasteiger partial charge in [-0.05, 0) is 23.9 Å². The van der Waals surface area contributed by atoms with Crippen LogP contribution in [-0.2, 0) is 6.61 Å². The zero-order valence-electron chi connectivity index (χ0n) is 8.20. The van der Waals surface area contributed by atoms with Crippen LogP contribution in [0.3, 0.4) is 0 Å². The smallest absolute Gasteiger partial charge is 0.441 e. The molecule has 0 saturated carbocycles. The van der Waals surface area contributed by atoms with E-state index in [9.17, 15) is 13.2 Å². The molecule has 1 rings (SSSR count). The molecule has 0 unspecified atom stereocenters. The Hall–Kier alpha value is -0.950. The fourth-order valence-electron chi connectivity index (χ4n) is 0.907. The van der Waals surface area contributed by atoms with Crippen molar-refractivity contribution in [2.24, 2.45) is 0 Å². The first-order valence-electron chi connectivity index (χ1n) is 4.40. The fraction of sp³-hybridized carbons (Fsp3) is 0.444. The predicted octanol–water partition coefficient (Wildman–Crippen LogP) is 2.21. The molecule has 0 spiro atoms. The first-order chi connectivity index (χ1) is 7.51. The van der Waals surface area contributed by atoms with E-state index in [4.69, 9.17) is 9.84 Å². The number of nitrogens with zero attached hydrogens (tertiary/aromatic N) is 1. The molecule has 0 aliphatic carbocycles. The summed E-state index contributed by atoms with van der Waals surface area (Å²) < 4.78 is 40.3. The summed E-state index contributed by atoms with van der Waals surface area (Å²) in [6.45, 7) is -0.214. The van der Waals surface area contributed by atoms with E-state index in [1.165, 1.54) is 6.20 Å². The van der Waals surface area contributed by atoms with E-state index in [2.05, 4.69) is 4.98 Å². The number of aliphatic hydroxyl groups is 1. The van der Waals surface area contributed by atoms with Crippen LogP contribution in [0, 0.1) is 0 Å². The normalized spacial score (nSPS) is 11.5. The van der Waals surface area contributed by atoms with E-state index in [0.717, 1.165) is 0 Å². The van der Waals surface area contributed by atoms with Crippen LogP contribution in [0.1, 0.15) is 5.69 Å². The first kappa shape index (κ1) is 13.1. The number of aliphatic hydroxyl groups excluding tert-OH is 1. The lowest BCUT2D eigenvalue weighted by atomic mass is 10.3. The molecule has 16 heavy (non-hydrogen) atoms. The minimum Gasteiger partial charge on any atom is -0.491 e. The summed E-state index contributed by atoms with van der Waals surface area (Å²) in [7, 11) is 0. The standard InChI is InChI=1S/C9H10F3NO2S/c10-9(11,12)16-4-3-15-8-2-1-7(6-14)13-5-8/h1-2,5,14H,3-4,6H2. The summed E-state index contributed by atoms with van der Waals surface area (Å²) in [5.41, 5.74) is -3.74. The summed E-state index contributed by atoms with van der Waals surface area (Å²) in [6, 6.07) is 3.10. The van der Waals surface area contributed by atoms with Crippen LogP contribution in [0.25, 0.3) is 0 Å². The molecule has 0 aliphatic rings. The quantitative estimate of drug-likeness (QED) is 0.817. The van der Waals surface area contributed by atoms with E-state index in [0.29, 0.717) is 11.4 Å². The van der Waals surface area contributed by atoms with Gasteiger partial charge in [-0.2, -0.15) is 13.2 Å². The third-order valence-electron chi connectivity index (χ3n) is 1.58. The molecule has 0 aromatic carbocycles. The van der Waals surface area contributed by atoms with Crippen molar-refractivity contribution >= 4 is 11.8 Å². The first-order valence-corrected chi connectivity index (χ1v) is 5.39. The average molecular weight is 253 g/mol. The molecule has 90 valence electrons. The minimum absolute atomic E-state index is 0.0374. The van der Waals surface area contributed by atoms with Crippen molar-refractivity contribution in [1.82, 2.24) is 4.98 Å². The van der Waals surface area contributed by atoms with Gasteiger partial charge >= 0.3 is 5.51 Å². The largest absolute Gasteiger partial charge is 0.491 e. The summed E-state index contributed by atoms with van der Waals surface area (Å²) >= 11 is -0.125. The predicted molar refractivity (Wildman–Crippen MR) is 54.2 cm³/mol. The molecule has 1 aromatic heterocycles. The molecule has 3 nitrogen and oxygen atoms in total. The van der Waals surface area contributed by atoms with Crippen LogP contribution < -0.4 is 4.74 Å². The minimum atomic E-state index is -4.22. The molecule has 1 heterocycles. The summed E-state index contributed by atoms with van der Waals surface area (Å²) in [5, 5.41) is 8.70.